The van der Waals surface area contributed by atoms with Gasteiger partial charge in [-0.2, -0.15) is 0 Å². The van der Waals surface area contributed by atoms with E-state index in [-0.39, 0.29) is 75.8 Å². The van der Waals surface area contributed by atoms with Crippen molar-refractivity contribution < 1.29 is 34.1 Å². The van der Waals surface area contributed by atoms with Gasteiger partial charge in [0.1, 0.15) is 0 Å². The fourth-order valence-corrected chi connectivity index (χ4v) is 9.86. The quantitative estimate of drug-likeness (QED) is 0.476. The number of aromatic nitrogens is 1. The molecule has 0 spiro atoms. The Morgan fingerprint density at radius 3 is 2.36 bits per heavy atom. The van der Waals surface area contributed by atoms with Crippen LogP contribution in [-0.2, 0) is 14.4 Å². The van der Waals surface area contributed by atoms with E-state index in [1.54, 1.807) is 23.9 Å². The smallest absolute Gasteiger partial charge is 0.305 e. The van der Waals surface area contributed by atoms with E-state index in [1.165, 1.54) is 14.2 Å². The summed E-state index contributed by atoms with van der Waals surface area (Å²) in [6.45, 7) is -0.113. The number of likely N-dealkylation sites (tertiary alicyclic amines) is 1. The molecule has 3 fully saturated rings. The first-order valence-corrected chi connectivity index (χ1v) is 13.4. The van der Waals surface area contributed by atoms with Crippen LogP contribution in [0.25, 0.3) is 0 Å². The number of aromatic hydroxyl groups is 1. The third-order valence-electron chi connectivity index (χ3n) is 8.23. The largest absolute Gasteiger partial charge is 0.502 e. The van der Waals surface area contributed by atoms with Crippen molar-refractivity contribution in [2.24, 2.45) is 29.6 Å². The Balaban J connectivity index is 1.45. The average molecular weight is 533 g/mol. The molecule has 10 nitrogen and oxygen atoms in total. The van der Waals surface area contributed by atoms with Crippen molar-refractivity contribution in [3.8, 4) is 17.2 Å². The van der Waals surface area contributed by atoms with Gasteiger partial charge in [-0.05, 0) is 41.9 Å². The van der Waals surface area contributed by atoms with Gasteiger partial charge in [0.25, 0.3) is 0 Å². The van der Waals surface area contributed by atoms with Gasteiger partial charge in [0, 0.05) is 22.6 Å². The zero-order valence-corrected chi connectivity index (χ0v) is 21.1. The molecule has 2 bridgehead atoms. The van der Waals surface area contributed by atoms with Crippen molar-refractivity contribution in [1.82, 2.24) is 9.88 Å². The molecule has 0 unspecified atom stereocenters. The third-order valence-corrected chi connectivity index (χ3v) is 10.8. The standard InChI is InChI=1S/C24H24N2O8S2/c1-33-11-5-8(6-12(34-2)18(11)29)14-15-9-7-10(19(15)35-21-20(14)36-24(32)25-21)17-16(9)22(30)26(23(17)31)4-3-13(27)28/h5-6,9-10,14-17,19,29H,3-4,7H2,1-2H3,(H,25,32)(H,27,28)/t9-,10+,14-,15+,16+,17+,19-/m1/s1. The van der Waals surface area contributed by atoms with Gasteiger partial charge in [-0.3, -0.25) is 24.1 Å². The van der Waals surface area contributed by atoms with E-state index in [0.717, 1.165) is 38.1 Å². The number of aromatic amines is 1. The second-order valence-corrected chi connectivity index (χ2v) is 11.9. The number of carbonyl (C=O) groups is 3. The molecule has 0 radical (unpaired) electrons. The number of carbonyl (C=O) groups excluding carboxylic acids is 2. The van der Waals surface area contributed by atoms with E-state index < -0.39 is 17.8 Å². The molecule has 2 aliphatic carbocycles. The van der Waals surface area contributed by atoms with Gasteiger partial charge < -0.3 is 24.7 Å². The maximum Gasteiger partial charge on any atom is 0.305 e. The summed E-state index contributed by atoms with van der Waals surface area (Å²) >= 11 is 2.71. The van der Waals surface area contributed by atoms with Crippen molar-refractivity contribution in [2.45, 2.75) is 29.0 Å². The van der Waals surface area contributed by atoms with Gasteiger partial charge in [0.05, 0.1) is 37.5 Å². The summed E-state index contributed by atoms with van der Waals surface area (Å²) in [4.78, 5) is 54.9. The lowest BCUT2D eigenvalue weighted by Crippen LogP contribution is -2.42. The number of hydrogen-bond acceptors (Lipinski definition) is 9. The van der Waals surface area contributed by atoms with Crippen LogP contribution in [0.2, 0.25) is 0 Å². The number of nitrogens with zero attached hydrogens (tertiary/aromatic N) is 1. The molecule has 2 aliphatic heterocycles. The number of carboxylic acid groups (broad SMARTS) is 1. The molecule has 1 saturated heterocycles. The van der Waals surface area contributed by atoms with Crippen LogP contribution in [0, 0.1) is 29.6 Å². The predicted octanol–water partition coefficient (Wildman–Crippen LogP) is 2.11. The van der Waals surface area contributed by atoms with E-state index >= 15 is 0 Å². The number of ether oxygens (including phenoxy) is 2. The molecule has 1 aromatic carbocycles. The van der Waals surface area contributed by atoms with Crippen LogP contribution in [0.3, 0.4) is 0 Å². The molecule has 36 heavy (non-hydrogen) atoms. The van der Waals surface area contributed by atoms with E-state index in [0.29, 0.717) is 0 Å². The fraction of sp³-hybridized carbons (Fsp3) is 0.500. The number of H-pyrrole nitrogens is 1. The van der Waals surface area contributed by atoms with Gasteiger partial charge in [-0.25, -0.2) is 0 Å². The molecule has 1 aromatic heterocycles. The molecule has 3 heterocycles. The minimum atomic E-state index is -1.05. The summed E-state index contributed by atoms with van der Waals surface area (Å²) in [5, 5.41) is 20.3. The predicted molar refractivity (Wildman–Crippen MR) is 129 cm³/mol. The van der Waals surface area contributed by atoms with Crippen LogP contribution in [0.5, 0.6) is 17.2 Å². The van der Waals surface area contributed by atoms with E-state index in [9.17, 15) is 24.3 Å². The van der Waals surface area contributed by atoms with Gasteiger partial charge in [0.2, 0.25) is 17.6 Å². The van der Waals surface area contributed by atoms with Crippen molar-refractivity contribution in [2.75, 3.05) is 20.8 Å². The molecule has 3 N–H and O–H groups in total. The number of imide groups is 1. The topological polar surface area (TPSA) is 146 Å². The number of fused-ring (bicyclic) bond motifs is 9. The molecule has 190 valence electrons. The minimum Gasteiger partial charge on any atom is -0.502 e. The number of aliphatic carboxylic acids is 1. The zero-order valence-electron chi connectivity index (χ0n) is 19.4. The normalized spacial score (nSPS) is 31.8. The van der Waals surface area contributed by atoms with Crippen LogP contribution in [0.4, 0.5) is 0 Å². The Hall–Kier alpha value is -2.99. The summed E-state index contributed by atoms with van der Waals surface area (Å²) < 4.78 is 10.8. The van der Waals surface area contributed by atoms with Gasteiger partial charge in [0.15, 0.2) is 11.5 Å². The highest BCUT2D eigenvalue weighted by molar-refractivity contribution is 8.00. The highest BCUT2D eigenvalue weighted by Gasteiger charge is 2.69. The van der Waals surface area contributed by atoms with Crippen LogP contribution in [0.15, 0.2) is 22.0 Å². The third kappa shape index (κ3) is 3.16. The number of benzene rings is 1. The molecular formula is C24H24N2O8S2. The fourth-order valence-electron chi connectivity index (χ4n) is 6.97. The summed E-state index contributed by atoms with van der Waals surface area (Å²) in [5.74, 6) is -2.61. The van der Waals surface area contributed by atoms with Gasteiger partial charge >= 0.3 is 10.8 Å². The number of phenols is 1. The van der Waals surface area contributed by atoms with Crippen molar-refractivity contribution >= 4 is 40.9 Å². The number of methoxy groups -OCH3 is 2. The number of thioether (sulfide) groups is 1. The van der Waals surface area contributed by atoms with Gasteiger partial charge in [-0.1, -0.05) is 11.3 Å². The second kappa shape index (κ2) is 8.27. The molecule has 4 aliphatic rings. The molecule has 7 atom stereocenters. The summed E-state index contributed by atoms with van der Waals surface area (Å²) in [7, 11) is 2.91. The first-order chi connectivity index (χ1) is 17.2. The zero-order chi connectivity index (χ0) is 25.5. The maximum absolute atomic E-state index is 13.4. The van der Waals surface area contributed by atoms with E-state index in [1.807, 2.05) is 0 Å². The van der Waals surface area contributed by atoms with Crippen LogP contribution < -0.4 is 14.3 Å². The summed E-state index contributed by atoms with van der Waals surface area (Å²) in [6.07, 6.45) is 0.450. The highest BCUT2D eigenvalue weighted by Crippen LogP contribution is 2.68. The number of amides is 2. The minimum absolute atomic E-state index is 0.000895. The second-order valence-electron chi connectivity index (χ2n) is 9.71. The van der Waals surface area contributed by atoms with E-state index in [4.69, 9.17) is 14.6 Å². The number of hydrogen-bond donors (Lipinski definition) is 3. The Morgan fingerprint density at radius 1 is 1.11 bits per heavy atom. The average Bonchev–Trinajstić information content (AvgIpc) is 3.57. The Morgan fingerprint density at radius 2 is 1.75 bits per heavy atom. The molecular weight excluding hydrogens is 508 g/mol. The molecule has 2 aromatic rings. The number of rotatable bonds is 6. The molecule has 2 amide bonds. The first kappa shape index (κ1) is 23.4. The van der Waals surface area contributed by atoms with Crippen LogP contribution in [0.1, 0.15) is 29.2 Å². The lowest BCUT2D eigenvalue weighted by atomic mass is 9.68. The summed E-state index contributed by atoms with van der Waals surface area (Å²) in [6, 6.07) is 3.49. The number of thiazole rings is 1. The number of carboxylic acids is 1. The lowest BCUT2D eigenvalue weighted by molar-refractivity contribution is -0.142. The molecule has 2 saturated carbocycles. The van der Waals surface area contributed by atoms with Crippen molar-refractivity contribution in [1.29, 1.82) is 0 Å². The highest BCUT2D eigenvalue weighted by atomic mass is 32.2. The van der Waals surface area contributed by atoms with Crippen molar-refractivity contribution in [3.05, 3.63) is 32.2 Å². The molecule has 6 rings (SSSR count). The summed E-state index contributed by atoms with van der Waals surface area (Å²) in [5.41, 5.74) is 0.803. The Labute approximate surface area is 213 Å². The van der Waals surface area contributed by atoms with Crippen LogP contribution in [-0.4, -0.2) is 63.9 Å². The number of nitrogens with one attached hydrogen (secondary N) is 1. The molecule has 12 heteroatoms. The Kier molecular flexibility index (Phi) is 5.38. The SMILES string of the molecule is COc1cc([C@H]2c3sc(=O)[nH]c3S[C@@H]3[C@H]4C[C@@H]([C@@H]5C(=O)N(CCC(=O)O)C(=O)[C@@H]45)[C@@H]23)cc(OC)c1O. The first-order valence-electron chi connectivity index (χ1n) is 11.7. The van der Waals surface area contributed by atoms with Gasteiger partial charge in [-0.15, -0.1) is 11.8 Å². The number of phenolic OH excluding ortho intramolecular Hbond substituents is 1. The monoisotopic (exact) mass is 532 g/mol. The van der Waals surface area contributed by atoms with Crippen LogP contribution >= 0.6 is 23.1 Å². The maximum atomic E-state index is 13.4. The van der Waals surface area contributed by atoms with Crippen molar-refractivity contribution in [3.63, 3.8) is 0 Å². The lowest BCUT2D eigenvalue weighted by Gasteiger charge is -2.43. The Bertz CT molecular complexity index is 1330. The van der Waals surface area contributed by atoms with E-state index in [2.05, 4.69) is 4.98 Å².